The molecule has 2 fully saturated rings. The van der Waals surface area contributed by atoms with Crippen molar-refractivity contribution < 1.29 is 29.6 Å². The number of amides is 2. The summed E-state index contributed by atoms with van der Waals surface area (Å²) in [6.07, 6.45) is 6.81. The number of nitrogens with zero attached hydrogens (tertiary/aromatic N) is 1. The van der Waals surface area contributed by atoms with E-state index in [0.717, 1.165) is 48.8 Å². The number of carbonyl (C=O) groups is 2. The van der Waals surface area contributed by atoms with Crippen molar-refractivity contribution in [1.29, 1.82) is 0 Å². The van der Waals surface area contributed by atoms with Gasteiger partial charge in [-0.2, -0.15) is 0 Å². The molecule has 1 saturated heterocycles. The number of benzene rings is 3. The van der Waals surface area contributed by atoms with Crippen LogP contribution < -0.4 is 4.74 Å². The zero-order valence-corrected chi connectivity index (χ0v) is 26.1. The fourth-order valence-corrected chi connectivity index (χ4v) is 7.70. The Morgan fingerprint density at radius 3 is 2.26 bits per heavy atom. The maximum absolute atomic E-state index is 14.0. The van der Waals surface area contributed by atoms with Gasteiger partial charge in [-0.1, -0.05) is 86.0 Å². The molecule has 3 aliphatic rings. The predicted octanol–water partition coefficient (Wildman–Crippen LogP) is 6.40. The summed E-state index contributed by atoms with van der Waals surface area (Å²) in [6.45, 7) is -0.195. The third-order valence-corrected chi connectivity index (χ3v) is 9.97. The van der Waals surface area contributed by atoms with E-state index in [4.69, 9.17) is 4.74 Å². The minimum Gasteiger partial charge on any atom is -0.507 e. The highest BCUT2D eigenvalue weighted by Crippen LogP contribution is 2.48. The summed E-state index contributed by atoms with van der Waals surface area (Å²) < 4.78 is 6.16. The standard InChI is InChI=1S/C39H43NO6/c41-24-33-36(35(43)21-20-27(26-12-4-1-5-13-26)22-28-14-10-11-19-34(28)42)29(25-46-31-17-8-3-9-18-31)23-32-37(33)39(45)40(38(32)44)30-15-6-2-7-16-30/h1,3-5,8-14,17-19,22,30,32-33,35,37,41-43H,2,6-7,15-16,20-21,23-25H2/b27-22-/t32-,33+,35-,37-/m1/s1. The molecule has 0 bridgehead atoms. The third kappa shape index (κ3) is 6.67. The fourth-order valence-electron chi connectivity index (χ4n) is 7.70. The lowest BCUT2D eigenvalue weighted by Gasteiger charge is -2.36. The van der Waals surface area contributed by atoms with Crippen molar-refractivity contribution in [3.05, 3.63) is 107 Å². The number of hydrogen-bond acceptors (Lipinski definition) is 6. The lowest BCUT2D eigenvalue weighted by Crippen LogP contribution is -2.42. The maximum atomic E-state index is 14.0. The van der Waals surface area contributed by atoms with Gasteiger partial charge in [-0.3, -0.25) is 14.5 Å². The molecule has 7 nitrogen and oxygen atoms in total. The quantitative estimate of drug-likeness (QED) is 0.130. The predicted molar refractivity (Wildman–Crippen MR) is 178 cm³/mol. The van der Waals surface area contributed by atoms with Crippen molar-refractivity contribution >= 4 is 23.5 Å². The van der Waals surface area contributed by atoms with E-state index in [0.29, 0.717) is 36.1 Å². The van der Waals surface area contributed by atoms with Crippen LogP contribution in [0.3, 0.4) is 0 Å². The van der Waals surface area contributed by atoms with Crippen LogP contribution in [0.2, 0.25) is 0 Å². The molecule has 1 heterocycles. The number of hydrogen-bond donors (Lipinski definition) is 3. The average Bonchev–Trinajstić information content (AvgIpc) is 3.35. The van der Waals surface area contributed by atoms with Crippen molar-refractivity contribution in [3.8, 4) is 11.5 Å². The van der Waals surface area contributed by atoms with Gasteiger partial charge in [0.1, 0.15) is 18.1 Å². The molecule has 0 spiro atoms. The Morgan fingerprint density at radius 1 is 0.891 bits per heavy atom. The van der Waals surface area contributed by atoms with Crippen molar-refractivity contribution in [2.75, 3.05) is 13.2 Å². The minimum absolute atomic E-state index is 0.0935. The third-order valence-electron chi connectivity index (χ3n) is 9.97. The second-order valence-electron chi connectivity index (χ2n) is 12.8. The highest BCUT2D eigenvalue weighted by atomic mass is 16.5. The first-order valence-electron chi connectivity index (χ1n) is 16.6. The maximum Gasteiger partial charge on any atom is 0.234 e. The molecule has 3 aromatic carbocycles. The average molecular weight is 622 g/mol. The van der Waals surface area contributed by atoms with Crippen LogP contribution in [-0.4, -0.2) is 57.4 Å². The van der Waals surface area contributed by atoms with Gasteiger partial charge in [-0.25, -0.2) is 0 Å². The van der Waals surface area contributed by atoms with Crippen molar-refractivity contribution in [2.45, 2.75) is 63.5 Å². The van der Waals surface area contributed by atoms with Crippen molar-refractivity contribution in [1.82, 2.24) is 4.90 Å². The van der Waals surface area contributed by atoms with E-state index in [9.17, 15) is 24.9 Å². The Hall–Kier alpha value is -4.20. The first kappa shape index (κ1) is 31.8. The van der Waals surface area contributed by atoms with Gasteiger partial charge in [0.25, 0.3) is 0 Å². The zero-order chi connectivity index (χ0) is 32.0. The molecule has 0 unspecified atom stereocenters. The summed E-state index contributed by atoms with van der Waals surface area (Å²) in [5.74, 6) is -1.48. The highest BCUT2D eigenvalue weighted by Gasteiger charge is 2.56. The summed E-state index contributed by atoms with van der Waals surface area (Å²) in [5, 5.41) is 33.3. The molecule has 1 saturated carbocycles. The molecular weight excluding hydrogens is 578 g/mol. The Bertz CT molecular complexity index is 1580. The largest absolute Gasteiger partial charge is 0.507 e. The number of ether oxygens (including phenoxy) is 1. The molecule has 1 aliphatic heterocycles. The Balaban J connectivity index is 1.32. The number of aliphatic hydroxyl groups is 2. The molecule has 46 heavy (non-hydrogen) atoms. The van der Waals surface area contributed by atoms with E-state index in [2.05, 4.69) is 0 Å². The molecular formula is C39H43NO6. The van der Waals surface area contributed by atoms with Gasteiger partial charge < -0.3 is 20.1 Å². The molecule has 2 amide bonds. The van der Waals surface area contributed by atoms with E-state index in [1.165, 1.54) is 4.90 Å². The molecule has 0 aromatic heterocycles. The van der Waals surface area contributed by atoms with Gasteiger partial charge in [-0.05, 0) is 78.7 Å². The van der Waals surface area contributed by atoms with Gasteiger partial charge >= 0.3 is 0 Å². The Labute approximate surface area is 270 Å². The van der Waals surface area contributed by atoms with Crippen molar-refractivity contribution in [3.63, 3.8) is 0 Å². The summed E-state index contributed by atoms with van der Waals surface area (Å²) in [6, 6.07) is 26.3. The van der Waals surface area contributed by atoms with Crippen LogP contribution in [0.15, 0.2) is 96.1 Å². The van der Waals surface area contributed by atoms with E-state index in [-0.39, 0.29) is 36.8 Å². The summed E-state index contributed by atoms with van der Waals surface area (Å²) in [4.78, 5) is 29.3. The molecule has 6 rings (SSSR count). The van der Waals surface area contributed by atoms with Crippen LogP contribution in [-0.2, 0) is 9.59 Å². The number of aliphatic hydroxyl groups excluding tert-OH is 2. The molecule has 0 radical (unpaired) electrons. The zero-order valence-electron chi connectivity index (χ0n) is 26.1. The highest BCUT2D eigenvalue weighted by molar-refractivity contribution is 6.06. The van der Waals surface area contributed by atoms with Gasteiger partial charge in [0, 0.05) is 17.5 Å². The van der Waals surface area contributed by atoms with Gasteiger partial charge in [-0.15, -0.1) is 0 Å². The number of phenols is 1. The Morgan fingerprint density at radius 2 is 1.57 bits per heavy atom. The van der Waals surface area contributed by atoms with Gasteiger partial charge in [0.15, 0.2) is 0 Å². The second kappa shape index (κ2) is 14.5. The molecule has 2 aliphatic carbocycles. The Kier molecular flexibility index (Phi) is 10.0. The van der Waals surface area contributed by atoms with Crippen LogP contribution in [0.1, 0.15) is 62.5 Å². The van der Waals surface area contributed by atoms with E-state index >= 15 is 0 Å². The SMILES string of the molecule is O=C1[C@@H]2[C@@H](CC(COc3ccccc3)=C([C@H](O)CC/C(=C/c3ccccc3O)c3ccccc3)[C@@H]2CO)C(=O)N1C1CCCCC1. The number of likely N-dealkylation sites (tertiary alicyclic amines) is 1. The number of carbonyl (C=O) groups excluding carboxylic acids is 2. The summed E-state index contributed by atoms with van der Waals surface area (Å²) >= 11 is 0. The smallest absolute Gasteiger partial charge is 0.234 e. The first-order chi connectivity index (χ1) is 22.5. The van der Waals surface area contributed by atoms with Crippen LogP contribution in [0.5, 0.6) is 11.5 Å². The summed E-state index contributed by atoms with van der Waals surface area (Å²) in [5.41, 5.74) is 3.98. The topological polar surface area (TPSA) is 107 Å². The van der Waals surface area contributed by atoms with Gasteiger partial charge in [0.2, 0.25) is 11.8 Å². The number of rotatable bonds is 11. The molecule has 3 aromatic rings. The van der Waals surface area contributed by atoms with Crippen molar-refractivity contribution in [2.24, 2.45) is 17.8 Å². The monoisotopic (exact) mass is 621 g/mol. The minimum atomic E-state index is -0.976. The lowest BCUT2D eigenvalue weighted by molar-refractivity contribution is -0.143. The number of aromatic hydroxyl groups is 1. The number of phenolic OH excluding ortho intramolecular Hbond substituents is 1. The van der Waals surface area contributed by atoms with E-state index in [1.807, 2.05) is 78.9 Å². The van der Waals surface area contributed by atoms with Crippen LogP contribution >= 0.6 is 0 Å². The number of fused-ring (bicyclic) bond motifs is 1. The lowest BCUT2D eigenvalue weighted by atomic mass is 9.68. The normalized spacial score (nSPS) is 23.0. The summed E-state index contributed by atoms with van der Waals surface area (Å²) in [7, 11) is 0. The second-order valence-corrected chi connectivity index (χ2v) is 12.8. The van der Waals surface area contributed by atoms with Crippen LogP contribution in [0.4, 0.5) is 0 Å². The van der Waals surface area contributed by atoms with Gasteiger partial charge in [0.05, 0.1) is 24.5 Å². The van der Waals surface area contributed by atoms with Crippen LogP contribution in [0.25, 0.3) is 11.6 Å². The van der Waals surface area contributed by atoms with E-state index < -0.39 is 23.9 Å². The first-order valence-corrected chi connectivity index (χ1v) is 16.6. The number of imide groups is 1. The molecule has 7 heteroatoms. The molecule has 240 valence electrons. The number of allylic oxidation sites excluding steroid dienone is 1. The molecule has 3 N–H and O–H groups in total. The number of para-hydroxylation sites is 2. The molecule has 4 atom stereocenters. The fraction of sp³-hybridized carbons (Fsp3) is 0.385. The van der Waals surface area contributed by atoms with Crippen LogP contribution in [0, 0.1) is 17.8 Å². The van der Waals surface area contributed by atoms with E-state index in [1.54, 1.807) is 12.1 Å².